The lowest BCUT2D eigenvalue weighted by Crippen LogP contribution is -2.44. The zero-order valence-corrected chi connectivity index (χ0v) is 7.43. The molecule has 0 radical (unpaired) electrons. The topological polar surface area (TPSA) is 38.3 Å². The van der Waals surface area contributed by atoms with Crippen LogP contribution >= 0.6 is 0 Å². The van der Waals surface area contributed by atoms with Gasteiger partial charge >= 0.3 is 5.97 Å². The van der Waals surface area contributed by atoms with E-state index in [1.165, 1.54) is 13.5 Å². The number of piperidine rings is 1. The Morgan fingerprint density at radius 2 is 2.50 bits per heavy atom. The molecule has 1 aliphatic heterocycles. The van der Waals surface area contributed by atoms with Crippen LogP contribution in [0.15, 0.2) is 0 Å². The molecule has 0 aromatic heterocycles. The number of carbonyl (C=O) groups excluding carboxylic acids is 1. The molecule has 0 aromatic carbocycles. The van der Waals surface area contributed by atoms with Gasteiger partial charge in [0.15, 0.2) is 0 Å². The highest BCUT2D eigenvalue weighted by molar-refractivity contribution is 5.77. The van der Waals surface area contributed by atoms with Crippen LogP contribution in [-0.2, 0) is 9.53 Å². The smallest absolute Gasteiger partial charge is 0.313 e. The van der Waals surface area contributed by atoms with Crippen LogP contribution < -0.4 is 5.32 Å². The molecule has 3 heteroatoms. The summed E-state index contributed by atoms with van der Waals surface area (Å²) in [4.78, 5) is 11.5. The molecule has 2 bridgehead atoms. The monoisotopic (exact) mass is 169 g/mol. The van der Waals surface area contributed by atoms with Gasteiger partial charge < -0.3 is 10.1 Å². The molecule has 2 aliphatic rings. The maximum Gasteiger partial charge on any atom is 0.313 e. The minimum absolute atomic E-state index is 0.0165. The Morgan fingerprint density at radius 3 is 3.25 bits per heavy atom. The molecule has 1 N–H and O–H groups in total. The second kappa shape index (κ2) is 2.73. The number of esters is 1. The highest BCUT2D eigenvalue weighted by Gasteiger charge is 2.48. The number of rotatable bonds is 1. The van der Waals surface area contributed by atoms with Crippen LogP contribution in [0.5, 0.6) is 0 Å². The third kappa shape index (κ3) is 1.04. The van der Waals surface area contributed by atoms with Gasteiger partial charge in [-0.15, -0.1) is 0 Å². The number of carbonyl (C=O) groups is 1. The van der Waals surface area contributed by atoms with Crippen LogP contribution in [0, 0.1) is 11.3 Å². The first kappa shape index (κ1) is 8.05. The molecule has 3 nitrogen and oxygen atoms in total. The van der Waals surface area contributed by atoms with Crippen LogP contribution in [-0.4, -0.2) is 26.2 Å². The van der Waals surface area contributed by atoms with Crippen LogP contribution in [0.25, 0.3) is 0 Å². The van der Waals surface area contributed by atoms with Gasteiger partial charge in [-0.1, -0.05) is 0 Å². The second-order valence-corrected chi connectivity index (χ2v) is 4.01. The third-order valence-electron chi connectivity index (χ3n) is 3.23. The van der Waals surface area contributed by atoms with Gasteiger partial charge in [-0.05, 0) is 31.7 Å². The number of methoxy groups -OCH3 is 1. The van der Waals surface area contributed by atoms with Crippen molar-refractivity contribution in [3.8, 4) is 0 Å². The summed E-state index contributed by atoms with van der Waals surface area (Å²) in [6, 6.07) is 0. The molecule has 2 atom stereocenters. The summed E-state index contributed by atoms with van der Waals surface area (Å²) in [6.45, 7) is 1.90. The molecule has 1 heterocycles. The van der Waals surface area contributed by atoms with Crippen molar-refractivity contribution in [3.05, 3.63) is 0 Å². The van der Waals surface area contributed by atoms with Gasteiger partial charge in [-0.3, -0.25) is 4.79 Å². The van der Waals surface area contributed by atoms with Crippen molar-refractivity contribution in [1.29, 1.82) is 0 Å². The van der Waals surface area contributed by atoms with E-state index in [1.54, 1.807) is 0 Å². The van der Waals surface area contributed by atoms with Crippen molar-refractivity contribution in [2.45, 2.75) is 19.3 Å². The molecule has 12 heavy (non-hydrogen) atoms. The molecule has 2 rings (SSSR count). The van der Waals surface area contributed by atoms with Gasteiger partial charge in [0.25, 0.3) is 0 Å². The predicted molar refractivity (Wildman–Crippen MR) is 44.7 cm³/mol. The van der Waals surface area contributed by atoms with Crippen molar-refractivity contribution in [2.75, 3.05) is 20.2 Å². The average molecular weight is 169 g/mol. The maximum absolute atomic E-state index is 11.5. The number of fused-ring (bicyclic) bond motifs is 2. The Morgan fingerprint density at radius 1 is 1.67 bits per heavy atom. The van der Waals surface area contributed by atoms with E-state index in [4.69, 9.17) is 4.74 Å². The average Bonchev–Trinajstić information content (AvgIpc) is 2.42. The lowest BCUT2D eigenvalue weighted by Gasteiger charge is -2.30. The van der Waals surface area contributed by atoms with Crippen LogP contribution in [0.1, 0.15) is 19.3 Å². The van der Waals surface area contributed by atoms with Gasteiger partial charge in [-0.25, -0.2) is 0 Å². The molecular weight excluding hydrogens is 154 g/mol. The third-order valence-corrected chi connectivity index (χ3v) is 3.23. The second-order valence-electron chi connectivity index (χ2n) is 4.01. The Labute approximate surface area is 72.5 Å². The first-order valence-electron chi connectivity index (χ1n) is 4.56. The first-order valence-corrected chi connectivity index (χ1v) is 4.56. The largest absolute Gasteiger partial charge is 0.469 e. The van der Waals surface area contributed by atoms with Crippen molar-refractivity contribution in [3.63, 3.8) is 0 Å². The summed E-state index contributed by atoms with van der Waals surface area (Å²) < 4.78 is 4.83. The van der Waals surface area contributed by atoms with Gasteiger partial charge in [-0.2, -0.15) is 0 Å². The molecule has 1 saturated heterocycles. The predicted octanol–water partition coefficient (Wildman–Crippen LogP) is 0.549. The van der Waals surface area contributed by atoms with E-state index in [1.807, 2.05) is 0 Å². The Hall–Kier alpha value is -0.570. The fraction of sp³-hybridized carbons (Fsp3) is 0.889. The van der Waals surface area contributed by atoms with E-state index in [0.717, 1.165) is 25.9 Å². The number of ether oxygens (including phenoxy) is 1. The minimum atomic E-state index is -0.169. The summed E-state index contributed by atoms with van der Waals surface area (Å²) in [5.41, 5.74) is -0.169. The molecule has 68 valence electrons. The highest BCUT2D eigenvalue weighted by atomic mass is 16.5. The lowest BCUT2D eigenvalue weighted by atomic mass is 9.83. The van der Waals surface area contributed by atoms with Gasteiger partial charge in [0, 0.05) is 6.54 Å². The Bertz CT molecular complexity index is 201. The van der Waals surface area contributed by atoms with Crippen molar-refractivity contribution < 1.29 is 9.53 Å². The van der Waals surface area contributed by atoms with E-state index in [-0.39, 0.29) is 11.4 Å². The zero-order valence-electron chi connectivity index (χ0n) is 7.43. The van der Waals surface area contributed by atoms with E-state index in [2.05, 4.69) is 5.32 Å². The molecule has 0 spiro atoms. The summed E-state index contributed by atoms with van der Waals surface area (Å²) in [7, 11) is 1.49. The number of nitrogens with one attached hydrogen (secondary N) is 1. The number of hydrogen-bond donors (Lipinski definition) is 1. The van der Waals surface area contributed by atoms with Gasteiger partial charge in [0.05, 0.1) is 12.5 Å². The number of hydrogen-bond acceptors (Lipinski definition) is 3. The van der Waals surface area contributed by atoms with E-state index in [0.29, 0.717) is 5.92 Å². The summed E-state index contributed by atoms with van der Waals surface area (Å²) in [5.74, 6) is 0.690. The maximum atomic E-state index is 11.5. The highest BCUT2D eigenvalue weighted by Crippen LogP contribution is 2.44. The van der Waals surface area contributed by atoms with Crippen molar-refractivity contribution >= 4 is 5.97 Å². The fourth-order valence-corrected chi connectivity index (χ4v) is 2.56. The van der Waals surface area contributed by atoms with Crippen LogP contribution in [0.2, 0.25) is 0 Å². The zero-order chi connectivity index (χ0) is 8.60. The van der Waals surface area contributed by atoms with Gasteiger partial charge in [0.2, 0.25) is 0 Å². The fourth-order valence-electron chi connectivity index (χ4n) is 2.56. The van der Waals surface area contributed by atoms with Gasteiger partial charge in [0.1, 0.15) is 0 Å². The quantitative estimate of drug-likeness (QED) is 0.582. The normalized spacial score (nSPS) is 39.6. The molecule has 2 fully saturated rings. The Kier molecular flexibility index (Phi) is 1.83. The lowest BCUT2D eigenvalue weighted by molar-refractivity contribution is -0.153. The van der Waals surface area contributed by atoms with Crippen molar-refractivity contribution in [1.82, 2.24) is 5.32 Å². The first-order chi connectivity index (χ1) is 5.77. The molecule has 0 aromatic rings. The van der Waals surface area contributed by atoms with Crippen LogP contribution in [0.3, 0.4) is 0 Å². The standard InChI is InChI=1S/C9H15NO2/c1-12-8(11)9-3-2-7(4-9)5-10-6-9/h7,10H,2-6H2,1H3/t7-,9-/m1/s1. The summed E-state index contributed by atoms with van der Waals surface area (Å²) in [6.07, 6.45) is 3.23. The molecule has 0 unspecified atom stereocenters. The van der Waals surface area contributed by atoms with E-state index in [9.17, 15) is 4.79 Å². The van der Waals surface area contributed by atoms with E-state index < -0.39 is 0 Å². The van der Waals surface area contributed by atoms with Crippen LogP contribution in [0.4, 0.5) is 0 Å². The van der Waals surface area contributed by atoms with Crippen molar-refractivity contribution in [2.24, 2.45) is 11.3 Å². The molecular formula is C9H15NO2. The Balaban J connectivity index is 2.15. The summed E-state index contributed by atoms with van der Waals surface area (Å²) in [5, 5.41) is 3.30. The molecule has 1 aliphatic carbocycles. The molecule has 0 amide bonds. The summed E-state index contributed by atoms with van der Waals surface area (Å²) >= 11 is 0. The minimum Gasteiger partial charge on any atom is -0.469 e. The van der Waals surface area contributed by atoms with E-state index >= 15 is 0 Å². The molecule has 1 saturated carbocycles. The SMILES string of the molecule is COC(=O)[C@@]12CC[C@@H](CNC1)C2.